The van der Waals surface area contributed by atoms with Crippen molar-refractivity contribution in [3.63, 3.8) is 0 Å². The van der Waals surface area contributed by atoms with Gasteiger partial charge in [-0.3, -0.25) is 0 Å². The minimum Gasteiger partial charge on any atom is -0.479 e. The van der Waals surface area contributed by atoms with Crippen molar-refractivity contribution in [2.24, 2.45) is 0 Å². The SMILES string of the molecule is O=C(NC[C@@H](O)C(=O)O)OCc1ccccc1. The molecule has 0 bridgehead atoms. The van der Waals surface area contributed by atoms with E-state index in [1.807, 2.05) is 18.2 Å². The Morgan fingerprint density at radius 3 is 2.53 bits per heavy atom. The fourth-order valence-electron chi connectivity index (χ4n) is 1.04. The highest BCUT2D eigenvalue weighted by molar-refractivity contribution is 5.74. The first-order valence-electron chi connectivity index (χ1n) is 4.95. The van der Waals surface area contributed by atoms with Gasteiger partial charge in [-0.1, -0.05) is 30.3 Å². The standard InChI is InChI=1S/C11H13NO5/c13-9(10(14)15)6-12-11(16)17-7-8-4-2-1-3-5-8/h1-5,9,13H,6-7H2,(H,12,16)(H,14,15)/t9-/m1/s1. The molecule has 17 heavy (non-hydrogen) atoms. The molecule has 3 N–H and O–H groups in total. The number of ether oxygens (including phenoxy) is 1. The van der Waals surface area contributed by atoms with Crippen molar-refractivity contribution in [1.82, 2.24) is 5.32 Å². The fraction of sp³-hybridized carbons (Fsp3) is 0.273. The van der Waals surface area contributed by atoms with E-state index in [0.29, 0.717) is 0 Å². The molecule has 0 saturated carbocycles. The highest BCUT2D eigenvalue weighted by Crippen LogP contribution is 2.00. The third-order valence-corrected chi connectivity index (χ3v) is 1.94. The summed E-state index contributed by atoms with van der Waals surface area (Å²) in [5, 5.41) is 19.4. The Kier molecular flexibility index (Phi) is 4.96. The zero-order valence-corrected chi connectivity index (χ0v) is 9.00. The maximum absolute atomic E-state index is 11.1. The number of carboxylic acids is 1. The van der Waals surface area contributed by atoms with Crippen molar-refractivity contribution in [3.8, 4) is 0 Å². The van der Waals surface area contributed by atoms with Crippen LogP contribution in [0, 0.1) is 0 Å². The molecular weight excluding hydrogens is 226 g/mol. The van der Waals surface area contributed by atoms with Gasteiger partial charge in [0.15, 0.2) is 6.10 Å². The molecule has 0 radical (unpaired) electrons. The lowest BCUT2D eigenvalue weighted by molar-refractivity contribution is -0.146. The lowest BCUT2D eigenvalue weighted by Gasteiger charge is -2.08. The minimum absolute atomic E-state index is 0.0931. The second-order valence-electron chi connectivity index (χ2n) is 3.30. The Labute approximate surface area is 97.8 Å². The summed E-state index contributed by atoms with van der Waals surface area (Å²) in [6.45, 7) is -0.293. The van der Waals surface area contributed by atoms with Gasteiger partial charge in [-0.05, 0) is 5.56 Å². The summed E-state index contributed by atoms with van der Waals surface area (Å²) < 4.78 is 4.80. The quantitative estimate of drug-likeness (QED) is 0.689. The molecule has 1 rings (SSSR count). The van der Waals surface area contributed by atoms with Crippen molar-refractivity contribution in [2.45, 2.75) is 12.7 Å². The van der Waals surface area contributed by atoms with Crippen LogP contribution in [0.3, 0.4) is 0 Å². The van der Waals surface area contributed by atoms with Gasteiger partial charge in [-0.2, -0.15) is 0 Å². The second kappa shape index (κ2) is 6.49. The fourth-order valence-corrected chi connectivity index (χ4v) is 1.04. The van der Waals surface area contributed by atoms with Crippen molar-refractivity contribution in [1.29, 1.82) is 0 Å². The molecule has 0 spiro atoms. The molecule has 1 aromatic carbocycles. The van der Waals surface area contributed by atoms with E-state index in [9.17, 15) is 9.59 Å². The molecule has 0 saturated heterocycles. The van der Waals surface area contributed by atoms with Crippen LogP contribution in [0.25, 0.3) is 0 Å². The van der Waals surface area contributed by atoms with E-state index < -0.39 is 18.2 Å². The van der Waals surface area contributed by atoms with Crippen LogP contribution in [0.5, 0.6) is 0 Å². The number of rotatable bonds is 5. The minimum atomic E-state index is -1.63. The average Bonchev–Trinajstić information content (AvgIpc) is 2.34. The van der Waals surface area contributed by atoms with E-state index in [2.05, 4.69) is 5.32 Å². The Bertz CT molecular complexity index is 379. The molecule has 1 atom stereocenters. The Morgan fingerprint density at radius 1 is 1.29 bits per heavy atom. The van der Waals surface area contributed by atoms with Crippen LogP contribution in [0.15, 0.2) is 30.3 Å². The lowest BCUT2D eigenvalue weighted by Crippen LogP contribution is -2.36. The zero-order valence-electron chi connectivity index (χ0n) is 9.00. The number of aliphatic carboxylic acids is 1. The molecule has 6 heteroatoms. The average molecular weight is 239 g/mol. The van der Waals surface area contributed by atoms with Gasteiger partial charge in [-0.25, -0.2) is 9.59 Å². The molecule has 0 aliphatic rings. The topological polar surface area (TPSA) is 95.9 Å². The molecule has 0 unspecified atom stereocenters. The summed E-state index contributed by atoms with van der Waals surface area (Å²) in [4.78, 5) is 21.4. The number of alkyl carbamates (subject to hydrolysis) is 1. The second-order valence-corrected chi connectivity index (χ2v) is 3.30. The van der Waals surface area contributed by atoms with Gasteiger partial charge in [0.2, 0.25) is 0 Å². The number of aliphatic hydroxyl groups excluding tert-OH is 1. The number of nitrogens with one attached hydrogen (secondary N) is 1. The van der Waals surface area contributed by atoms with Crippen LogP contribution in [-0.2, 0) is 16.1 Å². The van der Waals surface area contributed by atoms with E-state index in [1.165, 1.54) is 0 Å². The number of hydrogen-bond acceptors (Lipinski definition) is 4. The van der Waals surface area contributed by atoms with Crippen molar-refractivity contribution < 1.29 is 24.5 Å². The summed E-state index contributed by atoms with van der Waals surface area (Å²) in [7, 11) is 0. The smallest absolute Gasteiger partial charge is 0.407 e. The van der Waals surface area contributed by atoms with E-state index in [1.54, 1.807) is 12.1 Å². The first kappa shape index (κ1) is 13.0. The van der Waals surface area contributed by atoms with E-state index in [-0.39, 0.29) is 13.2 Å². The van der Waals surface area contributed by atoms with Gasteiger partial charge < -0.3 is 20.3 Å². The maximum Gasteiger partial charge on any atom is 0.407 e. The molecule has 1 amide bonds. The van der Waals surface area contributed by atoms with Gasteiger partial charge in [0, 0.05) is 0 Å². The largest absolute Gasteiger partial charge is 0.479 e. The monoisotopic (exact) mass is 239 g/mol. The van der Waals surface area contributed by atoms with Crippen LogP contribution in [-0.4, -0.2) is 34.9 Å². The van der Waals surface area contributed by atoms with Gasteiger partial charge in [0.1, 0.15) is 6.61 Å². The third-order valence-electron chi connectivity index (χ3n) is 1.94. The Balaban J connectivity index is 2.24. The predicted octanol–water partition coefficient (Wildman–Crippen LogP) is 0.358. The lowest BCUT2D eigenvalue weighted by atomic mass is 10.2. The normalized spacial score (nSPS) is 11.6. The highest BCUT2D eigenvalue weighted by atomic mass is 16.5. The van der Waals surface area contributed by atoms with Crippen LogP contribution in [0.2, 0.25) is 0 Å². The van der Waals surface area contributed by atoms with Crippen molar-refractivity contribution in [3.05, 3.63) is 35.9 Å². The molecule has 0 heterocycles. The van der Waals surface area contributed by atoms with Crippen LogP contribution in [0.4, 0.5) is 4.79 Å². The molecule has 6 nitrogen and oxygen atoms in total. The number of amides is 1. The summed E-state index contributed by atoms with van der Waals surface area (Å²) >= 11 is 0. The number of carboxylic acid groups (broad SMARTS) is 1. The summed E-state index contributed by atoms with van der Waals surface area (Å²) in [5.41, 5.74) is 0.821. The Hall–Kier alpha value is -2.08. The first-order chi connectivity index (χ1) is 8.09. The molecule has 0 aromatic heterocycles. The highest BCUT2D eigenvalue weighted by Gasteiger charge is 2.14. The predicted molar refractivity (Wildman–Crippen MR) is 58.3 cm³/mol. The first-order valence-corrected chi connectivity index (χ1v) is 4.95. The summed E-state index contributed by atoms with van der Waals surface area (Å²) in [6, 6.07) is 9.04. The molecule has 0 aliphatic heterocycles. The molecule has 0 fully saturated rings. The van der Waals surface area contributed by atoms with E-state index >= 15 is 0 Å². The Morgan fingerprint density at radius 2 is 1.94 bits per heavy atom. The zero-order chi connectivity index (χ0) is 12.7. The van der Waals surface area contributed by atoms with Crippen LogP contribution in [0.1, 0.15) is 5.56 Å². The van der Waals surface area contributed by atoms with Crippen LogP contribution < -0.4 is 5.32 Å². The van der Waals surface area contributed by atoms with Gasteiger partial charge in [0.05, 0.1) is 6.54 Å². The summed E-state index contributed by atoms with van der Waals surface area (Å²) in [6.07, 6.45) is -2.39. The van der Waals surface area contributed by atoms with E-state index in [4.69, 9.17) is 14.9 Å². The number of benzene rings is 1. The van der Waals surface area contributed by atoms with E-state index in [0.717, 1.165) is 5.56 Å². The van der Waals surface area contributed by atoms with Gasteiger partial charge in [0.25, 0.3) is 0 Å². The molecular formula is C11H13NO5. The maximum atomic E-state index is 11.1. The molecule has 0 aliphatic carbocycles. The van der Waals surface area contributed by atoms with Gasteiger partial charge in [-0.15, -0.1) is 0 Å². The number of aliphatic hydroxyl groups is 1. The number of hydrogen-bond donors (Lipinski definition) is 3. The molecule has 92 valence electrons. The van der Waals surface area contributed by atoms with Crippen LogP contribution >= 0.6 is 0 Å². The van der Waals surface area contributed by atoms with Crippen molar-refractivity contribution >= 4 is 12.1 Å². The van der Waals surface area contributed by atoms with Crippen molar-refractivity contribution in [2.75, 3.05) is 6.54 Å². The third kappa shape index (κ3) is 4.98. The molecule has 1 aromatic rings. The number of carbonyl (C=O) groups is 2. The van der Waals surface area contributed by atoms with Gasteiger partial charge >= 0.3 is 12.1 Å². The number of carbonyl (C=O) groups excluding carboxylic acids is 1. The summed E-state index contributed by atoms with van der Waals surface area (Å²) in [5.74, 6) is -1.40.